The number of nitrogens with zero attached hydrogens (tertiary/aromatic N) is 1. The van der Waals surface area contributed by atoms with Gasteiger partial charge in [-0.05, 0) is 55.7 Å². The Morgan fingerprint density at radius 1 is 0.966 bits per heavy atom. The maximum Gasteiger partial charge on any atom is 0.349 e. The summed E-state index contributed by atoms with van der Waals surface area (Å²) in [4.78, 5) is 38.7. The Hall–Kier alpha value is -3.15. The topological polar surface area (TPSA) is 72.9 Å². The van der Waals surface area contributed by atoms with Crippen LogP contribution in [0.5, 0.6) is 11.5 Å². The van der Waals surface area contributed by atoms with Crippen molar-refractivity contribution in [2.45, 2.75) is 32.6 Å². The Balaban J connectivity index is 1.38. The molecule has 2 unspecified atom stereocenters. The summed E-state index contributed by atoms with van der Waals surface area (Å²) in [5.74, 6) is -0.164. The molecule has 1 aliphatic carbocycles. The molecule has 150 valence electrons. The molecule has 2 atom stereocenters. The van der Waals surface area contributed by atoms with Crippen molar-refractivity contribution in [2.24, 2.45) is 11.8 Å². The van der Waals surface area contributed by atoms with Gasteiger partial charge in [0.05, 0.1) is 17.5 Å². The van der Waals surface area contributed by atoms with Crippen molar-refractivity contribution in [3.63, 3.8) is 0 Å². The van der Waals surface area contributed by atoms with Crippen LogP contribution in [-0.4, -0.2) is 24.4 Å². The molecule has 2 aliphatic rings. The van der Waals surface area contributed by atoms with E-state index >= 15 is 0 Å². The highest BCUT2D eigenvalue weighted by Gasteiger charge is 2.48. The van der Waals surface area contributed by atoms with E-state index in [2.05, 4.69) is 0 Å². The average molecular weight is 393 g/mol. The van der Waals surface area contributed by atoms with Gasteiger partial charge in [0, 0.05) is 0 Å². The van der Waals surface area contributed by atoms with Crippen LogP contribution < -0.4 is 14.4 Å². The minimum atomic E-state index is -0.527. The molecule has 2 aromatic carbocycles. The molecular weight excluding hydrogens is 370 g/mol. The van der Waals surface area contributed by atoms with E-state index in [1.807, 2.05) is 25.1 Å². The molecule has 0 spiro atoms. The third kappa shape index (κ3) is 3.88. The number of imide groups is 1. The number of carbonyl (C=O) groups is 3. The lowest BCUT2D eigenvalue weighted by atomic mass is 9.81. The van der Waals surface area contributed by atoms with Crippen molar-refractivity contribution in [2.75, 3.05) is 11.5 Å². The fourth-order valence-electron chi connectivity index (χ4n) is 4.10. The van der Waals surface area contributed by atoms with Crippen LogP contribution in [0, 0.1) is 18.8 Å². The van der Waals surface area contributed by atoms with E-state index in [0.29, 0.717) is 17.2 Å². The van der Waals surface area contributed by atoms with Gasteiger partial charge in [0.25, 0.3) is 0 Å². The number of rotatable bonds is 5. The van der Waals surface area contributed by atoms with E-state index in [9.17, 15) is 14.4 Å². The highest BCUT2D eigenvalue weighted by Crippen LogP contribution is 2.40. The minimum absolute atomic E-state index is 0.115. The number of fused-ring (bicyclic) bond motifs is 1. The normalized spacial score (nSPS) is 21.1. The Kier molecular flexibility index (Phi) is 5.34. The first-order valence-electron chi connectivity index (χ1n) is 9.91. The number of hydrogen-bond acceptors (Lipinski definition) is 5. The lowest BCUT2D eigenvalue weighted by molar-refractivity contribution is -0.136. The zero-order valence-electron chi connectivity index (χ0n) is 16.3. The Labute approximate surface area is 169 Å². The first-order valence-corrected chi connectivity index (χ1v) is 9.91. The number of ether oxygens (including phenoxy) is 2. The molecule has 0 aromatic heterocycles. The molecular formula is C23H23NO5. The molecule has 0 N–H and O–H groups in total. The molecule has 0 radical (unpaired) electrons. The number of amides is 2. The molecule has 6 nitrogen and oxygen atoms in total. The molecule has 6 heteroatoms. The first-order chi connectivity index (χ1) is 14.0. The number of aryl methyl sites for hydroxylation is 1. The van der Waals surface area contributed by atoms with Crippen LogP contribution in [0.25, 0.3) is 0 Å². The molecule has 0 bridgehead atoms. The Bertz CT molecular complexity index is 913. The van der Waals surface area contributed by atoms with Gasteiger partial charge in [-0.25, -0.2) is 4.79 Å². The van der Waals surface area contributed by atoms with Gasteiger partial charge in [-0.15, -0.1) is 0 Å². The zero-order valence-corrected chi connectivity index (χ0v) is 16.3. The van der Waals surface area contributed by atoms with Crippen molar-refractivity contribution in [3.8, 4) is 11.5 Å². The second kappa shape index (κ2) is 8.07. The quantitative estimate of drug-likeness (QED) is 0.440. The molecule has 2 fully saturated rings. The maximum atomic E-state index is 12.7. The summed E-state index contributed by atoms with van der Waals surface area (Å²) in [7, 11) is 0. The lowest BCUT2D eigenvalue weighted by Gasteiger charge is -2.19. The van der Waals surface area contributed by atoms with Crippen LogP contribution in [0.4, 0.5) is 5.69 Å². The second-order valence-electron chi connectivity index (χ2n) is 7.53. The monoisotopic (exact) mass is 393 g/mol. The van der Waals surface area contributed by atoms with Gasteiger partial charge in [-0.2, -0.15) is 0 Å². The Morgan fingerprint density at radius 2 is 1.59 bits per heavy atom. The van der Waals surface area contributed by atoms with Crippen LogP contribution in [0.3, 0.4) is 0 Å². The van der Waals surface area contributed by atoms with Crippen LogP contribution in [-0.2, 0) is 14.4 Å². The zero-order chi connectivity index (χ0) is 20.4. The fourth-order valence-corrected chi connectivity index (χ4v) is 4.10. The molecule has 29 heavy (non-hydrogen) atoms. The maximum absolute atomic E-state index is 12.7. The van der Waals surface area contributed by atoms with Crippen LogP contribution >= 0.6 is 0 Å². The van der Waals surface area contributed by atoms with E-state index in [1.165, 1.54) is 4.90 Å². The van der Waals surface area contributed by atoms with E-state index in [4.69, 9.17) is 9.47 Å². The van der Waals surface area contributed by atoms with E-state index in [-0.39, 0.29) is 30.3 Å². The van der Waals surface area contributed by atoms with Crippen molar-refractivity contribution in [1.82, 2.24) is 0 Å². The third-order valence-corrected chi connectivity index (χ3v) is 5.61. The smallest absolute Gasteiger partial charge is 0.349 e. The molecule has 1 aliphatic heterocycles. The summed E-state index contributed by atoms with van der Waals surface area (Å²) in [6.45, 7) is 1.69. The number of esters is 1. The first kappa shape index (κ1) is 19.2. The third-order valence-electron chi connectivity index (χ3n) is 5.61. The fraction of sp³-hybridized carbons (Fsp3) is 0.348. The summed E-state index contributed by atoms with van der Waals surface area (Å²) in [6.07, 6.45) is 3.55. The van der Waals surface area contributed by atoms with Gasteiger partial charge >= 0.3 is 5.97 Å². The molecule has 4 rings (SSSR count). The minimum Gasteiger partial charge on any atom is -0.482 e. The average Bonchev–Trinajstić information content (AvgIpc) is 2.99. The van der Waals surface area contributed by atoms with Crippen molar-refractivity contribution in [3.05, 3.63) is 54.1 Å². The van der Waals surface area contributed by atoms with Crippen LogP contribution in [0.15, 0.2) is 48.5 Å². The Morgan fingerprint density at radius 3 is 2.21 bits per heavy atom. The molecule has 2 aromatic rings. The van der Waals surface area contributed by atoms with Crippen LogP contribution in [0.1, 0.15) is 31.2 Å². The second-order valence-corrected chi connectivity index (χ2v) is 7.53. The highest BCUT2D eigenvalue weighted by atomic mass is 16.6. The summed E-state index contributed by atoms with van der Waals surface area (Å²) in [5, 5.41) is 0. The van der Waals surface area contributed by atoms with E-state index < -0.39 is 5.97 Å². The summed E-state index contributed by atoms with van der Waals surface area (Å²) in [6, 6.07) is 13.9. The van der Waals surface area contributed by atoms with Crippen molar-refractivity contribution >= 4 is 23.5 Å². The van der Waals surface area contributed by atoms with Gasteiger partial charge in [-0.1, -0.05) is 31.0 Å². The molecule has 1 heterocycles. The standard InChI is InChI=1S/C23H23NO5/c1-15-6-2-5-9-20(15)28-14-21(25)29-17-12-10-16(11-13-17)24-22(26)18-7-3-4-8-19(18)23(24)27/h2,5-6,9-13,18-19H,3-4,7-8,14H2,1H3. The lowest BCUT2D eigenvalue weighted by Crippen LogP contribution is -2.30. The summed E-state index contributed by atoms with van der Waals surface area (Å²) in [5.41, 5.74) is 1.45. The van der Waals surface area contributed by atoms with Gasteiger partial charge in [0.1, 0.15) is 11.5 Å². The molecule has 2 amide bonds. The number of anilines is 1. The number of carbonyl (C=O) groups excluding carboxylic acids is 3. The van der Waals surface area contributed by atoms with Gasteiger partial charge in [0.15, 0.2) is 6.61 Å². The van der Waals surface area contributed by atoms with E-state index in [1.54, 1.807) is 30.3 Å². The van der Waals surface area contributed by atoms with Crippen molar-refractivity contribution in [1.29, 1.82) is 0 Å². The van der Waals surface area contributed by atoms with Gasteiger partial charge < -0.3 is 9.47 Å². The van der Waals surface area contributed by atoms with Gasteiger partial charge in [0.2, 0.25) is 11.8 Å². The molecule has 1 saturated heterocycles. The predicted molar refractivity (Wildman–Crippen MR) is 107 cm³/mol. The van der Waals surface area contributed by atoms with Gasteiger partial charge in [-0.3, -0.25) is 14.5 Å². The van der Waals surface area contributed by atoms with Crippen molar-refractivity contribution < 1.29 is 23.9 Å². The summed E-state index contributed by atoms with van der Waals surface area (Å²) >= 11 is 0. The SMILES string of the molecule is Cc1ccccc1OCC(=O)Oc1ccc(N2C(=O)C3CCCCC3C2=O)cc1. The number of benzene rings is 2. The largest absolute Gasteiger partial charge is 0.482 e. The van der Waals surface area contributed by atoms with E-state index in [0.717, 1.165) is 31.2 Å². The number of hydrogen-bond donors (Lipinski definition) is 0. The number of para-hydroxylation sites is 1. The molecule has 1 saturated carbocycles. The highest BCUT2D eigenvalue weighted by molar-refractivity contribution is 6.22. The summed E-state index contributed by atoms with van der Waals surface area (Å²) < 4.78 is 10.8. The predicted octanol–water partition coefficient (Wildman–Crippen LogP) is 3.66. The van der Waals surface area contributed by atoms with Crippen LogP contribution in [0.2, 0.25) is 0 Å².